The second-order valence-corrected chi connectivity index (χ2v) is 4.96. The van der Waals surface area contributed by atoms with E-state index in [1.807, 2.05) is 11.7 Å². The SMILES string of the molecule is CCC1(C)CNC1c1c(Br)nnn1C. The van der Waals surface area contributed by atoms with Crippen LogP contribution in [-0.2, 0) is 7.05 Å². The fourth-order valence-corrected chi connectivity index (χ4v) is 2.51. The molecule has 1 aliphatic heterocycles. The van der Waals surface area contributed by atoms with Crippen molar-refractivity contribution >= 4 is 15.9 Å². The molecule has 78 valence electrons. The van der Waals surface area contributed by atoms with Gasteiger partial charge in [-0.1, -0.05) is 19.1 Å². The van der Waals surface area contributed by atoms with Gasteiger partial charge in [-0.2, -0.15) is 0 Å². The van der Waals surface area contributed by atoms with Crippen LogP contribution in [-0.4, -0.2) is 21.5 Å². The first kappa shape index (κ1) is 10.1. The van der Waals surface area contributed by atoms with Crippen molar-refractivity contribution < 1.29 is 0 Å². The van der Waals surface area contributed by atoms with Gasteiger partial charge in [-0.25, -0.2) is 4.68 Å². The lowest BCUT2D eigenvalue weighted by Crippen LogP contribution is -2.54. The average molecular weight is 259 g/mol. The lowest BCUT2D eigenvalue weighted by atomic mass is 9.72. The van der Waals surface area contributed by atoms with E-state index < -0.39 is 0 Å². The molecule has 2 atom stereocenters. The molecule has 2 heterocycles. The Morgan fingerprint density at radius 2 is 2.43 bits per heavy atom. The molecule has 2 rings (SSSR count). The van der Waals surface area contributed by atoms with E-state index in [1.165, 1.54) is 6.42 Å². The number of halogens is 1. The molecule has 0 spiro atoms. The van der Waals surface area contributed by atoms with E-state index in [2.05, 4.69) is 45.4 Å². The van der Waals surface area contributed by atoms with Crippen LogP contribution in [0.25, 0.3) is 0 Å². The highest BCUT2D eigenvalue weighted by molar-refractivity contribution is 9.10. The Bertz CT molecular complexity index is 325. The molecule has 1 N–H and O–H groups in total. The van der Waals surface area contributed by atoms with Crippen molar-refractivity contribution in [2.24, 2.45) is 12.5 Å². The predicted octanol–water partition coefficient (Wildman–Crippen LogP) is 1.64. The summed E-state index contributed by atoms with van der Waals surface area (Å²) in [6.07, 6.45) is 1.17. The third kappa shape index (κ3) is 1.30. The van der Waals surface area contributed by atoms with E-state index in [9.17, 15) is 0 Å². The van der Waals surface area contributed by atoms with Gasteiger partial charge in [0, 0.05) is 19.0 Å². The fraction of sp³-hybridized carbons (Fsp3) is 0.778. The third-order valence-corrected chi connectivity index (χ3v) is 3.88. The van der Waals surface area contributed by atoms with Gasteiger partial charge in [0.25, 0.3) is 0 Å². The minimum atomic E-state index is 0.345. The summed E-state index contributed by atoms with van der Waals surface area (Å²) in [7, 11) is 1.93. The highest BCUT2D eigenvalue weighted by atomic mass is 79.9. The number of hydrogen-bond acceptors (Lipinski definition) is 3. The second kappa shape index (κ2) is 3.31. The van der Waals surface area contributed by atoms with Crippen molar-refractivity contribution in [1.29, 1.82) is 0 Å². The Morgan fingerprint density at radius 1 is 1.71 bits per heavy atom. The lowest BCUT2D eigenvalue weighted by molar-refractivity contribution is 0.0920. The number of rotatable bonds is 2. The van der Waals surface area contributed by atoms with Crippen molar-refractivity contribution in [2.45, 2.75) is 26.3 Å². The maximum atomic E-state index is 4.01. The molecule has 1 aromatic rings. The monoisotopic (exact) mass is 258 g/mol. The number of aryl methyl sites for hydroxylation is 1. The summed E-state index contributed by atoms with van der Waals surface area (Å²) in [5.74, 6) is 0. The van der Waals surface area contributed by atoms with Gasteiger partial charge in [0.05, 0.1) is 11.7 Å². The third-order valence-electron chi connectivity index (χ3n) is 3.31. The number of nitrogens with one attached hydrogen (secondary N) is 1. The van der Waals surface area contributed by atoms with E-state index >= 15 is 0 Å². The van der Waals surface area contributed by atoms with Crippen molar-refractivity contribution in [3.8, 4) is 0 Å². The van der Waals surface area contributed by atoms with Crippen LogP contribution in [0.1, 0.15) is 32.0 Å². The first-order valence-corrected chi connectivity index (χ1v) is 5.66. The molecule has 2 unspecified atom stereocenters. The maximum Gasteiger partial charge on any atom is 0.153 e. The zero-order valence-corrected chi connectivity index (χ0v) is 10.3. The lowest BCUT2D eigenvalue weighted by Gasteiger charge is -2.47. The molecular formula is C9H15BrN4. The van der Waals surface area contributed by atoms with Gasteiger partial charge < -0.3 is 5.32 Å². The Hall–Kier alpha value is -0.420. The average Bonchev–Trinajstić information content (AvgIpc) is 2.47. The maximum absolute atomic E-state index is 4.01. The standard InChI is InChI=1S/C9H15BrN4/c1-4-9(2)5-11-7(9)6-8(10)12-13-14(6)3/h7,11H,4-5H2,1-3H3. The Kier molecular flexibility index (Phi) is 2.39. The normalized spacial score (nSPS) is 31.6. The molecule has 1 aliphatic rings. The van der Waals surface area contributed by atoms with Gasteiger partial charge in [0.2, 0.25) is 0 Å². The van der Waals surface area contributed by atoms with Crippen LogP contribution in [0.5, 0.6) is 0 Å². The van der Waals surface area contributed by atoms with Crippen LogP contribution >= 0.6 is 15.9 Å². The fourth-order valence-electron chi connectivity index (χ4n) is 1.95. The van der Waals surface area contributed by atoms with Crippen molar-refractivity contribution in [1.82, 2.24) is 20.3 Å². The van der Waals surface area contributed by atoms with Gasteiger partial charge in [0.1, 0.15) is 0 Å². The summed E-state index contributed by atoms with van der Waals surface area (Å²) < 4.78 is 2.70. The Labute approximate surface area is 92.2 Å². The topological polar surface area (TPSA) is 42.7 Å². The van der Waals surface area contributed by atoms with Crippen molar-refractivity contribution in [3.63, 3.8) is 0 Å². The molecule has 0 aromatic carbocycles. The van der Waals surface area contributed by atoms with Gasteiger partial charge >= 0.3 is 0 Å². The summed E-state index contributed by atoms with van der Waals surface area (Å²) >= 11 is 3.44. The summed E-state index contributed by atoms with van der Waals surface area (Å²) in [4.78, 5) is 0. The number of nitrogens with zero attached hydrogens (tertiary/aromatic N) is 3. The van der Waals surface area contributed by atoms with E-state index in [0.29, 0.717) is 11.5 Å². The molecule has 0 aliphatic carbocycles. The summed E-state index contributed by atoms with van der Waals surface area (Å²) in [6.45, 7) is 5.60. The van der Waals surface area contributed by atoms with Gasteiger partial charge in [-0.05, 0) is 22.4 Å². The second-order valence-electron chi connectivity index (χ2n) is 4.21. The molecule has 14 heavy (non-hydrogen) atoms. The largest absolute Gasteiger partial charge is 0.307 e. The molecule has 1 aromatic heterocycles. The van der Waals surface area contributed by atoms with Crippen molar-refractivity contribution in [2.75, 3.05) is 6.54 Å². The number of hydrogen-bond donors (Lipinski definition) is 1. The van der Waals surface area contributed by atoms with Crippen LogP contribution in [0.4, 0.5) is 0 Å². The van der Waals surface area contributed by atoms with E-state index in [0.717, 1.165) is 16.8 Å². The quantitative estimate of drug-likeness (QED) is 0.877. The molecule has 0 radical (unpaired) electrons. The smallest absolute Gasteiger partial charge is 0.153 e. The minimum absolute atomic E-state index is 0.345. The zero-order valence-electron chi connectivity index (χ0n) is 8.71. The van der Waals surface area contributed by atoms with Gasteiger partial charge in [-0.15, -0.1) is 5.10 Å². The Morgan fingerprint density at radius 3 is 2.79 bits per heavy atom. The summed E-state index contributed by atoms with van der Waals surface area (Å²) in [6, 6.07) is 0.377. The van der Waals surface area contributed by atoms with Crippen LogP contribution < -0.4 is 5.32 Å². The zero-order chi connectivity index (χ0) is 10.3. The van der Waals surface area contributed by atoms with E-state index in [-0.39, 0.29) is 0 Å². The first-order chi connectivity index (χ1) is 6.58. The van der Waals surface area contributed by atoms with Gasteiger partial charge in [0.15, 0.2) is 4.60 Å². The molecule has 1 saturated heterocycles. The summed E-state index contributed by atoms with van der Waals surface area (Å²) in [5, 5.41) is 11.4. The predicted molar refractivity (Wildman–Crippen MR) is 57.8 cm³/mol. The molecule has 5 heteroatoms. The minimum Gasteiger partial charge on any atom is -0.307 e. The summed E-state index contributed by atoms with van der Waals surface area (Å²) in [5.41, 5.74) is 1.50. The van der Waals surface area contributed by atoms with E-state index in [4.69, 9.17) is 0 Å². The highest BCUT2D eigenvalue weighted by Gasteiger charge is 2.44. The van der Waals surface area contributed by atoms with Crippen LogP contribution in [0.15, 0.2) is 4.60 Å². The number of aromatic nitrogens is 3. The van der Waals surface area contributed by atoms with E-state index in [1.54, 1.807) is 0 Å². The molecule has 0 saturated carbocycles. The van der Waals surface area contributed by atoms with Crippen LogP contribution in [0.3, 0.4) is 0 Å². The Balaban J connectivity index is 2.32. The molecular weight excluding hydrogens is 244 g/mol. The van der Waals surface area contributed by atoms with Gasteiger partial charge in [-0.3, -0.25) is 0 Å². The van der Waals surface area contributed by atoms with Crippen molar-refractivity contribution in [3.05, 3.63) is 10.3 Å². The molecule has 4 nitrogen and oxygen atoms in total. The van der Waals surface area contributed by atoms with Crippen LogP contribution in [0.2, 0.25) is 0 Å². The van der Waals surface area contributed by atoms with Crippen LogP contribution in [0, 0.1) is 5.41 Å². The molecule has 0 bridgehead atoms. The highest BCUT2D eigenvalue weighted by Crippen LogP contribution is 2.44. The first-order valence-electron chi connectivity index (χ1n) is 4.87. The molecule has 0 amide bonds. The molecule has 1 fully saturated rings.